The average molecular weight is 873 g/mol. The summed E-state index contributed by atoms with van der Waals surface area (Å²) in [6.45, 7) is 1.26. The monoisotopic (exact) mass is 872 g/mol. The third-order valence-electron chi connectivity index (χ3n) is 7.28. The molecule has 3 aromatic rings. The number of carbonyl (C=O) groups is 8. The molecule has 6 amide bonds. The first kappa shape index (κ1) is 43.2. The van der Waals surface area contributed by atoms with Gasteiger partial charge < -0.3 is 35.4 Å². The minimum Gasteiger partial charge on any atom is -0.481 e. The quantitative estimate of drug-likeness (QED) is 0.0329. The number of nitrogens with one attached hydrogen (secondary N) is 4. The van der Waals surface area contributed by atoms with Crippen LogP contribution in [0.2, 0.25) is 0 Å². The lowest BCUT2D eigenvalue weighted by Gasteiger charge is -2.53. The number of oxime groups is 1. The molecular formula is C29H29ClN10O12S4. The lowest BCUT2D eigenvalue weighted by atomic mass is 9.89. The number of nitrogens with zero attached hydrogens (tertiary/aromatic N) is 5. The lowest BCUT2D eigenvalue weighted by molar-refractivity contribution is -0.157. The van der Waals surface area contributed by atoms with E-state index in [0.29, 0.717) is 4.34 Å². The summed E-state index contributed by atoms with van der Waals surface area (Å²) in [6, 6.07) is 1.18. The summed E-state index contributed by atoms with van der Waals surface area (Å²) in [4.78, 5) is 109. The fourth-order valence-electron chi connectivity index (χ4n) is 4.79. The predicted octanol–water partition coefficient (Wildman–Crippen LogP) is 0.00390. The summed E-state index contributed by atoms with van der Waals surface area (Å²) in [7, 11) is 0. The number of hydrogen-bond donors (Lipinski definition) is 6. The predicted molar refractivity (Wildman–Crippen MR) is 200 cm³/mol. The molecular weight excluding hydrogens is 844 g/mol. The van der Waals surface area contributed by atoms with Crippen LogP contribution in [0.15, 0.2) is 38.6 Å². The van der Waals surface area contributed by atoms with Crippen molar-refractivity contribution < 1.29 is 57.8 Å². The molecule has 0 spiro atoms. The van der Waals surface area contributed by atoms with Crippen molar-refractivity contribution in [3.63, 3.8) is 0 Å². The first-order valence-electron chi connectivity index (χ1n) is 15.3. The van der Waals surface area contributed by atoms with Crippen molar-refractivity contribution in [2.45, 2.75) is 29.6 Å². The van der Waals surface area contributed by atoms with Gasteiger partial charge in [-0.05, 0) is 18.2 Å². The second-order valence-corrected chi connectivity index (χ2v) is 15.3. The van der Waals surface area contributed by atoms with Crippen molar-refractivity contribution in [1.82, 2.24) is 41.6 Å². The van der Waals surface area contributed by atoms with Crippen LogP contribution in [-0.2, 0) is 33.6 Å². The van der Waals surface area contributed by atoms with Crippen LogP contribution >= 0.6 is 58.6 Å². The van der Waals surface area contributed by atoms with Gasteiger partial charge in [0.1, 0.15) is 28.0 Å². The molecule has 27 heteroatoms. The molecule has 2 aliphatic rings. The number of ether oxygens (including phenoxy) is 2. The Labute approximate surface area is 337 Å². The second kappa shape index (κ2) is 18.8. The minimum atomic E-state index is -1.26. The number of halogens is 1. The average Bonchev–Trinajstić information content (AvgIpc) is 3.82. The molecule has 2 fully saturated rings. The minimum absolute atomic E-state index is 0. The van der Waals surface area contributed by atoms with E-state index >= 15 is 0 Å². The highest BCUT2D eigenvalue weighted by Gasteiger charge is 2.57. The Morgan fingerprint density at radius 1 is 1.09 bits per heavy atom. The number of carboxylic acids is 1. The van der Waals surface area contributed by atoms with Gasteiger partial charge in [-0.25, -0.2) is 15.2 Å². The van der Waals surface area contributed by atoms with Gasteiger partial charge >= 0.3 is 23.9 Å². The van der Waals surface area contributed by atoms with E-state index in [1.165, 1.54) is 62.8 Å². The number of nitrogen functional groups attached to an aromatic ring is 1. The number of amides is 6. The number of urea groups is 1. The van der Waals surface area contributed by atoms with Gasteiger partial charge in [-0.3, -0.25) is 44.3 Å². The number of β-lactam (4-membered cyclic amide) rings is 1. The molecule has 0 bridgehead atoms. The normalized spacial score (nSPS) is 18.5. The van der Waals surface area contributed by atoms with Crippen LogP contribution in [0.3, 0.4) is 0 Å². The van der Waals surface area contributed by atoms with E-state index < -0.39 is 76.7 Å². The number of aromatic nitrogens is 3. The van der Waals surface area contributed by atoms with Crippen LogP contribution in [0.25, 0.3) is 0 Å². The van der Waals surface area contributed by atoms with E-state index in [0.717, 1.165) is 31.3 Å². The second-order valence-electron chi connectivity index (χ2n) is 11.3. The van der Waals surface area contributed by atoms with E-state index in [9.17, 15) is 43.5 Å². The molecule has 0 radical (unpaired) electrons. The van der Waals surface area contributed by atoms with Crippen LogP contribution in [0.1, 0.15) is 29.9 Å². The Balaban J connectivity index is 0.00000696. The Hall–Kier alpha value is -5.57. The smallest absolute Gasteiger partial charge is 0.340 e. The number of anilines is 1. The first-order valence-corrected chi connectivity index (χ1v) is 19.1. The van der Waals surface area contributed by atoms with Gasteiger partial charge in [0.05, 0.1) is 0 Å². The standard InChI is InChI=1S/C29H28N10O12S4.ClH/c1-12(40)50-16-4-3-14(5-17(16)51-13(2)41)21(43)34-27(48)36-35-18(42)6-49-38-19(15-7-52-26(30)32-15)22(44)33-20-23(45)39-8-29(25(46)47,9-53-24(20)39)10-54-28-37-31-11-55-28;/h3-5,7,11,20,24H,6,8-10H2,1-2H3,(H2,30,32)(H,33,44)(H,35,42)(H,46,47)(H2,34,36,43,48);1H/t20?,24-,29?;/m1./s1. The molecule has 7 N–H and O–H groups in total. The summed E-state index contributed by atoms with van der Waals surface area (Å²) < 4.78 is 10.5. The highest BCUT2D eigenvalue weighted by atomic mass is 35.5. The van der Waals surface area contributed by atoms with E-state index in [-0.39, 0.29) is 58.3 Å². The molecule has 0 aliphatic carbocycles. The number of hydrazine groups is 1. The molecule has 5 rings (SSSR count). The molecule has 56 heavy (non-hydrogen) atoms. The van der Waals surface area contributed by atoms with E-state index in [1.807, 2.05) is 16.2 Å². The molecule has 0 saturated carbocycles. The fourth-order valence-corrected chi connectivity index (χ4v) is 8.69. The summed E-state index contributed by atoms with van der Waals surface area (Å²) >= 11 is 4.67. The van der Waals surface area contributed by atoms with Gasteiger partial charge in [0.15, 0.2) is 33.3 Å². The Morgan fingerprint density at radius 3 is 2.46 bits per heavy atom. The van der Waals surface area contributed by atoms with Crippen LogP contribution in [0.4, 0.5) is 9.93 Å². The van der Waals surface area contributed by atoms with Crippen LogP contribution in [0, 0.1) is 5.41 Å². The largest absolute Gasteiger partial charge is 0.481 e. The van der Waals surface area contributed by atoms with Crippen molar-refractivity contribution in [1.29, 1.82) is 0 Å². The van der Waals surface area contributed by atoms with E-state index in [2.05, 4.69) is 25.7 Å². The number of carboxylic acid groups (broad SMARTS) is 1. The van der Waals surface area contributed by atoms with Crippen LogP contribution < -0.4 is 36.7 Å². The van der Waals surface area contributed by atoms with Crippen molar-refractivity contribution in [3.8, 4) is 11.5 Å². The number of esters is 2. The van der Waals surface area contributed by atoms with Gasteiger partial charge in [0.25, 0.3) is 17.7 Å². The Morgan fingerprint density at radius 2 is 1.82 bits per heavy atom. The number of thioether (sulfide) groups is 2. The molecule has 3 atom stereocenters. The highest BCUT2D eigenvalue weighted by Crippen LogP contribution is 2.44. The topological polar surface area (TPSA) is 313 Å². The molecule has 22 nitrogen and oxygen atoms in total. The maximum absolute atomic E-state index is 13.4. The highest BCUT2D eigenvalue weighted by molar-refractivity contribution is 8.01. The first-order chi connectivity index (χ1) is 26.2. The molecule has 4 heterocycles. The number of carbonyl (C=O) groups excluding carboxylic acids is 7. The number of nitrogens with two attached hydrogens (primary N) is 1. The van der Waals surface area contributed by atoms with E-state index in [4.69, 9.17) is 20.0 Å². The fraction of sp³-hybridized carbons (Fsp3) is 0.310. The third kappa shape index (κ3) is 10.6. The van der Waals surface area contributed by atoms with Crippen molar-refractivity contribution in [2.24, 2.45) is 10.6 Å². The summed E-state index contributed by atoms with van der Waals surface area (Å²) in [6.07, 6.45) is 0. The Bertz CT molecular complexity index is 2070. The van der Waals surface area contributed by atoms with Crippen molar-refractivity contribution >= 4 is 117 Å². The number of benzene rings is 1. The van der Waals surface area contributed by atoms with Crippen LogP contribution in [-0.4, -0.2) is 115 Å². The number of rotatable bonds is 13. The zero-order chi connectivity index (χ0) is 39.9. The van der Waals surface area contributed by atoms with Crippen molar-refractivity contribution in [3.05, 3.63) is 40.3 Å². The summed E-state index contributed by atoms with van der Waals surface area (Å²) in [5, 5.41) is 26.8. The zero-order valence-electron chi connectivity index (χ0n) is 28.7. The van der Waals surface area contributed by atoms with Crippen LogP contribution in [0.5, 0.6) is 11.5 Å². The number of hydrogen-bond acceptors (Lipinski definition) is 20. The molecule has 2 unspecified atom stereocenters. The van der Waals surface area contributed by atoms with Gasteiger partial charge in [-0.2, -0.15) is 0 Å². The SMILES string of the molecule is CC(=O)Oc1ccc(C(=O)NC(=O)NNC(=O)CON=C(C(=O)NC2C(=O)N3CC(CSc4nncs4)(C(=O)O)CS[C@H]23)c2csc(N)n2)cc1OC(C)=O.Cl. The zero-order valence-corrected chi connectivity index (χ0v) is 32.7. The number of fused-ring (bicyclic) bond motifs is 1. The van der Waals surface area contributed by atoms with Gasteiger partial charge in [0.2, 0.25) is 5.91 Å². The molecule has 1 aromatic carbocycles. The summed E-state index contributed by atoms with van der Waals surface area (Å²) in [5.41, 5.74) is 9.22. The molecule has 2 saturated heterocycles. The Kier molecular flexibility index (Phi) is 14.5. The van der Waals surface area contributed by atoms with Gasteiger partial charge in [-0.1, -0.05) is 28.3 Å². The third-order valence-corrected chi connectivity index (χ3v) is 11.7. The lowest BCUT2D eigenvalue weighted by Crippen LogP contribution is -2.74. The van der Waals surface area contributed by atoms with E-state index in [1.54, 1.807) is 0 Å². The van der Waals surface area contributed by atoms with Gasteiger partial charge in [-0.15, -0.1) is 45.7 Å². The maximum atomic E-state index is 13.4. The maximum Gasteiger partial charge on any atom is 0.340 e. The van der Waals surface area contributed by atoms with Crippen molar-refractivity contribution in [2.75, 3.05) is 30.4 Å². The molecule has 298 valence electrons. The number of thiazole rings is 1. The summed E-state index contributed by atoms with van der Waals surface area (Å²) in [5.74, 6) is -6.05. The molecule has 2 aliphatic heterocycles. The number of imide groups is 1. The number of aliphatic carboxylic acids is 1. The van der Waals surface area contributed by atoms with Gasteiger partial charge in [0, 0.05) is 42.8 Å². The molecule has 2 aromatic heterocycles.